The van der Waals surface area contributed by atoms with E-state index in [9.17, 15) is 18.0 Å². The molecule has 0 spiro atoms. The fourth-order valence-corrected chi connectivity index (χ4v) is 10.8. The zero-order valence-corrected chi connectivity index (χ0v) is 37.9. The van der Waals surface area contributed by atoms with Gasteiger partial charge in [0, 0.05) is 55.6 Å². The molecule has 3 N–H and O–H groups in total. The van der Waals surface area contributed by atoms with Crippen LogP contribution in [0.3, 0.4) is 0 Å². The number of sulfonamides is 1. The summed E-state index contributed by atoms with van der Waals surface area (Å²) in [5.74, 6) is 0.886. The van der Waals surface area contributed by atoms with E-state index in [2.05, 4.69) is 35.2 Å². The Hall–Kier alpha value is -5.33. The SMILES string of the molecule is CCCS(=O)(=O)Nc1cccc(-c2nc(C(C)(C)C)sc2-c2ccnc(Nc3cnn(CC4CCN(CC[C@@H]5CCN(c6ccc(C7CCC(=O)NC7=O)cn6)C5)CC4)c3)n2)c1F. The number of nitrogens with one attached hydrogen (secondary N) is 3. The minimum absolute atomic E-state index is 0.112. The first kappa shape index (κ1) is 44.3. The molecule has 0 radical (unpaired) electrons. The smallest absolute Gasteiger partial charge is 0.234 e. The summed E-state index contributed by atoms with van der Waals surface area (Å²) < 4.78 is 45.5. The lowest BCUT2D eigenvalue weighted by atomic mass is 9.92. The number of nitrogens with zero attached hydrogens (tertiary/aromatic N) is 8. The maximum atomic E-state index is 16.1. The Bertz CT molecular complexity index is 2530. The number of imide groups is 1. The summed E-state index contributed by atoms with van der Waals surface area (Å²) >= 11 is 1.43. The Balaban J connectivity index is 0.833. The molecule has 18 heteroatoms. The molecule has 2 atom stereocenters. The van der Waals surface area contributed by atoms with Gasteiger partial charge in [-0.25, -0.2) is 32.7 Å². The number of likely N-dealkylation sites (tertiary alicyclic amines) is 1. The summed E-state index contributed by atoms with van der Waals surface area (Å²) in [4.78, 5) is 48.3. The highest BCUT2D eigenvalue weighted by Gasteiger charge is 2.30. The third-order valence-corrected chi connectivity index (χ3v) is 15.0. The van der Waals surface area contributed by atoms with Crippen molar-refractivity contribution in [3.05, 3.63) is 77.6 Å². The summed E-state index contributed by atoms with van der Waals surface area (Å²) in [7, 11) is -3.71. The van der Waals surface area contributed by atoms with E-state index in [1.165, 1.54) is 17.4 Å². The van der Waals surface area contributed by atoms with Crippen LogP contribution in [0, 0.1) is 17.7 Å². The fraction of sp³-hybridized carbons (Fsp3) is 0.489. The average molecular weight is 898 g/mol. The van der Waals surface area contributed by atoms with Crippen molar-refractivity contribution in [2.45, 2.75) is 90.5 Å². The van der Waals surface area contributed by atoms with Crippen LogP contribution >= 0.6 is 11.3 Å². The van der Waals surface area contributed by atoms with Crippen molar-refractivity contribution in [2.24, 2.45) is 11.8 Å². The number of pyridine rings is 1. The lowest BCUT2D eigenvalue weighted by molar-refractivity contribution is -0.134. The molecule has 1 unspecified atom stereocenters. The van der Waals surface area contributed by atoms with Crippen LogP contribution in [-0.4, -0.2) is 93.3 Å². The van der Waals surface area contributed by atoms with E-state index in [0.29, 0.717) is 53.3 Å². The number of thiazole rings is 1. The first-order valence-electron chi connectivity index (χ1n) is 21.9. The van der Waals surface area contributed by atoms with E-state index in [1.54, 1.807) is 43.7 Å². The molecule has 1 aromatic carbocycles. The minimum atomic E-state index is -3.71. The topological polar surface area (TPSA) is 180 Å². The standard InChI is InChI=1S/C45H56FN11O4S2/c1-5-23-63(60,61)54-35-8-6-7-34(39(35)46)40-41(62-43(53-40)45(2,3)4)36-13-18-47-44(51-36)50-32-25-49-57(28-32)27-30-15-20-55(21-16-30)19-14-29-17-22-56(26-29)37-11-9-31(24-48-37)33-10-12-38(58)52-42(33)59/h6-9,11,13,18,24-25,28-30,33,54H,5,10,12,14-17,19-23,26-27H2,1-4H3,(H,47,50,51)(H,52,58,59)/t29-,33?/m1/s1. The molecule has 0 aliphatic carbocycles. The maximum absolute atomic E-state index is 16.1. The molecular weight excluding hydrogens is 842 g/mol. The molecule has 3 saturated heterocycles. The largest absolute Gasteiger partial charge is 0.356 e. The number of benzene rings is 1. The second-order valence-electron chi connectivity index (χ2n) is 18.0. The number of amides is 2. The predicted octanol–water partition coefficient (Wildman–Crippen LogP) is 7.34. The third-order valence-electron chi connectivity index (χ3n) is 12.1. The van der Waals surface area contributed by atoms with Crippen molar-refractivity contribution in [2.75, 3.05) is 53.4 Å². The molecule has 4 aromatic heterocycles. The Kier molecular flexibility index (Phi) is 13.2. The average Bonchev–Trinajstić information content (AvgIpc) is 4.03. The van der Waals surface area contributed by atoms with E-state index >= 15 is 4.39 Å². The van der Waals surface area contributed by atoms with Gasteiger partial charge in [0.15, 0.2) is 5.82 Å². The fourth-order valence-electron chi connectivity index (χ4n) is 8.58. The Morgan fingerprint density at radius 2 is 1.78 bits per heavy atom. The number of aromatic nitrogens is 6. The highest BCUT2D eigenvalue weighted by molar-refractivity contribution is 7.92. The Labute approximate surface area is 372 Å². The van der Waals surface area contributed by atoms with Crippen LogP contribution in [0.5, 0.6) is 0 Å². The second-order valence-corrected chi connectivity index (χ2v) is 20.8. The Morgan fingerprint density at radius 3 is 2.52 bits per heavy atom. The zero-order valence-electron chi connectivity index (χ0n) is 36.3. The van der Waals surface area contributed by atoms with Gasteiger partial charge in [0.2, 0.25) is 27.8 Å². The first-order chi connectivity index (χ1) is 30.2. The second kappa shape index (κ2) is 18.8. The molecule has 63 heavy (non-hydrogen) atoms. The van der Waals surface area contributed by atoms with Crippen molar-refractivity contribution in [1.29, 1.82) is 0 Å². The molecule has 3 fully saturated rings. The molecule has 5 aromatic rings. The number of rotatable bonds is 15. The first-order valence-corrected chi connectivity index (χ1v) is 24.4. The minimum Gasteiger partial charge on any atom is -0.356 e. The molecule has 15 nitrogen and oxygen atoms in total. The van der Waals surface area contributed by atoms with Crippen molar-refractivity contribution >= 4 is 56.3 Å². The number of carbonyl (C=O) groups is 2. The van der Waals surface area contributed by atoms with Gasteiger partial charge in [-0.3, -0.25) is 24.3 Å². The van der Waals surface area contributed by atoms with Crippen LogP contribution < -0.4 is 20.3 Å². The molecule has 3 aliphatic rings. The van der Waals surface area contributed by atoms with Gasteiger partial charge >= 0.3 is 0 Å². The van der Waals surface area contributed by atoms with Crippen molar-refractivity contribution in [3.8, 4) is 21.8 Å². The molecule has 334 valence electrons. The molecule has 8 rings (SSSR count). The van der Waals surface area contributed by atoms with Crippen LogP contribution in [0.2, 0.25) is 0 Å². The summed E-state index contributed by atoms with van der Waals surface area (Å²) in [5.41, 5.74) is 2.30. The molecule has 0 bridgehead atoms. The van der Waals surface area contributed by atoms with Gasteiger partial charge in [0.1, 0.15) is 5.82 Å². The number of anilines is 4. The predicted molar refractivity (Wildman–Crippen MR) is 244 cm³/mol. The monoisotopic (exact) mass is 897 g/mol. The van der Waals surface area contributed by atoms with Gasteiger partial charge in [-0.1, -0.05) is 39.8 Å². The summed E-state index contributed by atoms with van der Waals surface area (Å²) in [6, 6.07) is 10.4. The molecule has 7 heterocycles. The molecule has 0 saturated carbocycles. The number of carbonyl (C=O) groups excluding carboxylic acids is 2. The Morgan fingerprint density at radius 1 is 0.968 bits per heavy atom. The number of hydrogen-bond donors (Lipinski definition) is 3. The quantitative estimate of drug-likeness (QED) is 0.0892. The van der Waals surface area contributed by atoms with Crippen molar-refractivity contribution in [1.82, 2.24) is 39.9 Å². The van der Waals surface area contributed by atoms with Crippen molar-refractivity contribution < 1.29 is 22.4 Å². The van der Waals surface area contributed by atoms with Gasteiger partial charge < -0.3 is 15.1 Å². The van der Waals surface area contributed by atoms with Gasteiger partial charge in [0.25, 0.3) is 0 Å². The van der Waals surface area contributed by atoms with E-state index in [4.69, 9.17) is 15.0 Å². The zero-order chi connectivity index (χ0) is 44.3. The van der Waals surface area contributed by atoms with E-state index in [-0.39, 0.29) is 40.2 Å². The van der Waals surface area contributed by atoms with Crippen molar-refractivity contribution in [3.63, 3.8) is 0 Å². The highest BCUT2D eigenvalue weighted by atomic mass is 32.2. The van der Waals surface area contributed by atoms with Gasteiger partial charge in [-0.2, -0.15) is 5.10 Å². The van der Waals surface area contributed by atoms with E-state index in [0.717, 1.165) is 87.0 Å². The van der Waals surface area contributed by atoms with Gasteiger partial charge in [-0.05, 0) is 99.8 Å². The number of halogens is 1. The van der Waals surface area contributed by atoms with E-state index in [1.807, 2.05) is 43.8 Å². The van der Waals surface area contributed by atoms with Crippen LogP contribution in [-0.2, 0) is 31.6 Å². The lowest BCUT2D eigenvalue weighted by Gasteiger charge is -2.32. The summed E-state index contributed by atoms with van der Waals surface area (Å²) in [6.07, 6.45) is 13.0. The number of hydrogen-bond acceptors (Lipinski definition) is 13. The lowest BCUT2D eigenvalue weighted by Crippen LogP contribution is -2.39. The van der Waals surface area contributed by atoms with Crippen LogP contribution in [0.15, 0.2) is 61.2 Å². The molecule has 2 amide bonds. The van der Waals surface area contributed by atoms with E-state index < -0.39 is 15.8 Å². The van der Waals surface area contributed by atoms with Gasteiger partial charge in [0.05, 0.1) is 50.5 Å². The maximum Gasteiger partial charge on any atom is 0.234 e. The van der Waals surface area contributed by atoms with Gasteiger partial charge in [-0.15, -0.1) is 11.3 Å². The molecule has 3 aliphatic heterocycles. The summed E-state index contributed by atoms with van der Waals surface area (Å²) in [5, 5.41) is 11.2. The van der Waals surface area contributed by atoms with Crippen LogP contribution in [0.4, 0.5) is 27.5 Å². The normalized spacial score (nSPS) is 19.1. The summed E-state index contributed by atoms with van der Waals surface area (Å²) in [6.45, 7) is 13.9. The highest BCUT2D eigenvalue weighted by Crippen LogP contribution is 2.42. The number of piperidine rings is 2. The third kappa shape index (κ3) is 10.7. The van der Waals surface area contributed by atoms with Crippen LogP contribution in [0.25, 0.3) is 21.8 Å². The van der Waals surface area contributed by atoms with Crippen LogP contribution in [0.1, 0.15) is 89.1 Å². The molecular formula is C45H56FN11O4S2.